The molecule has 30 heavy (non-hydrogen) atoms. The second kappa shape index (κ2) is 7.43. The lowest BCUT2D eigenvalue weighted by molar-refractivity contribution is 0.0978. The van der Waals surface area contributed by atoms with Crippen LogP contribution in [0.15, 0.2) is 66.7 Å². The lowest BCUT2D eigenvalue weighted by Crippen LogP contribution is -2.38. The minimum Gasteiger partial charge on any atom is -0.448 e. The van der Waals surface area contributed by atoms with Crippen LogP contribution in [0.2, 0.25) is 0 Å². The maximum absolute atomic E-state index is 13.0. The van der Waals surface area contributed by atoms with Gasteiger partial charge in [-0.05, 0) is 39.9 Å². The number of fused-ring (bicyclic) bond motifs is 4. The molecule has 0 atom stereocenters. The van der Waals surface area contributed by atoms with Crippen molar-refractivity contribution in [1.82, 2.24) is 0 Å². The molecule has 3 aromatic carbocycles. The summed E-state index contributed by atoms with van der Waals surface area (Å²) < 4.78 is 5.76. The number of ketones is 1. The fraction of sp³-hybridized carbons (Fsp3) is 0.200. The third-order valence-corrected chi connectivity index (χ3v) is 5.95. The number of nitrogens with zero attached hydrogens (tertiary/aromatic N) is 1. The first-order chi connectivity index (χ1) is 14.7. The number of rotatable bonds is 3. The van der Waals surface area contributed by atoms with E-state index in [0.29, 0.717) is 16.8 Å². The second-order valence-electron chi connectivity index (χ2n) is 7.64. The number of carbonyl (C=O) groups is 2. The topological polar surface area (TPSA) is 66.8 Å². The summed E-state index contributed by atoms with van der Waals surface area (Å²) in [6, 6.07) is 21.5. The van der Waals surface area contributed by atoms with Gasteiger partial charge in [-0.3, -0.25) is 9.69 Å². The molecule has 1 aliphatic heterocycles. The van der Waals surface area contributed by atoms with E-state index in [-0.39, 0.29) is 37.9 Å². The summed E-state index contributed by atoms with van der Waals surface area (Å²) in [5.74, 6) is -0.0202. The van der Waals surface area contributed by atoms with Crippen LogP contribution in [0.1, 0.15) is 39.4 Å². The zero-order valence-electron chi connectivity index (χ0n) is 16.4. The van der Waals surface area contributed by atoms with Crippen LogP contribution < -0.4 is 4.90 Å². The molecule has 5 rings (SSSR count). The minimum atomic E-state index is -0.472. The van der Waals surface area contributed by atoms with Gasteiger partial charge in [-0.15, -0.1) is 0 Å². The zero-order valence-corrected chi connectivity index (χ0v) is 16.4. The molecule has 0 bridgehead atoms. The largest absolute Gasteiger partial charge is 0.448 e. The number of ether oxygens (including phenoxy) is 1. The van der Waals surface area contributed by atoms with Crippen molar-refractivity contribution >= 4 is 17.6 Å². The van der Waals surface area contributed by atoms with E-state index in [4.69, 9.17) is 4.74 Å². The second-order valence-corrected chi connectivity index (χ2v) is 7.64. The van der Waals surface area contributed by atoms with Crippen molar-refractivity contribution in [2.24, 2.45) is 0 Å². The smallest absolute Gasteiger partial charge is 0.414 e. The molecule has 1 N–H and O–H groups in total. The highest BCUT2D eigenvalue weighted by Crippen LogP contribution is 2.44. The van der Waals surface area contributed by atoms with Gasteiger partial charge in [0.25, 0.3) is 0 Å². The summed E-state index contributed by atoms with van der Waals surface area (Å²) in [4.78, 5) is 26.7. The molecule has 0 saturated carbocycles. The number of hydrogen-bond donors (Lipinski definition) is 1. The van der Waals surface area contributed by atoms with Crippen LogP contribution in [-0.2, 0) is 11.3 Å². The summed E-state index contributed by atoms with van der Waals surface area (Å²) >= 11 is 0. The molecule has 150 valence electrons. The molecule has 5 heteroatoms. The molecule has 0 unspecified atom stereocenters. The van der Waals surface area contributed by atoms with Crippen LogP contribution in [0.5, 0.6) is 0 Å². The number of carbonyl (C=O) groups excluding carboxylic acids is 2. The maximum Gasteiger partial charge on any atom is 0.414 e. The molecule has 0 saturated heterocycles. The van der Waals surface area contributed by atoms with Gasteiger partial charge in [-0.1, -0.05) is 54.6 Å². The highest BCUT2D eigenvalue weighted by Gasteiger charge is 2.32. The molecule has 5 nitrogen and oxygen atoms in total. The van der Waals surface area contributed by atoms with Gasteiger partial charge in [0.05, 0.1) is 12.3 Å². The first-order valence-electron chi connectivity index (χ1n) is 10.1. The molecule has 1 aliphatic carbocycles. The van der Waals surface area contributed by atoms with Crippen molar-refractivity contribution in [1.29, 1.82) is 0 Å². The number of aliphatic hydroxyl groups excluding tert-OH is 1. The SMILES string of the molecule is O=C1CCN(C(=O)OCC2c3ccccc3-c3ccccc32)c2cc(CO)ccc21. The average Bonchev–Trinajstić information content (AvgIpc) is 3.11. The Kier molecular flexibility index (Phi) is 4.60. The number of benzene rings is 3. The Morgan fingerprint density at radius 1 is 0.967 bits per heavy atom. The predicted molar refractivity (Wildman–Crippen MR) is 114 cm³/mol. The standard InChI is InChI=1S/C25H21NO4/c27-14-16-9-10-21-23(13-16)26(12-11-24(21)28)25(29)30-15-22-19-7-3-1-5-17(19)18-6-2-4-8-20(18)22/h1-10,13,22,27H,11-12,14-15H2. The van der Waals surface area contributed by atoms with Crippen LogP contribution in [0.3, 0.4) is 0 Å². The molecule has 1 amide bonds. The van der Waals surface area contributed by atoms with E-state index in [1.807, 2.05) is 24.3 Å². The Labute approximate surface area is 174 Å². The molecule has 0 spiro atoms. The van der Waals surface area contributed by atoms with Gasteiger partial charge in [0.2, 0.25) is 0 Å². The van der Waals surface area contributed by atoms with Gasteiger partial charge in [-0.25, -0.2) is 4.79 Å². The number of Topliss-reactive ketones (excluding diaryl/α,β-unsaturated/α-hetero) is 1. The first kappa shape index (κ1) is 18.6. The molecular weight excluding hydrogens is 378 g/mol. The summed E-state index contributed by atoms with van der Waals surface area (Å²) in [7, 11) is 0. The Balaban J connectivity index is 1.40. The molecule has 0 fully saturated rings. The van der Waals surface area contributed by atoms with E-state index in [1.54, 1.807) is 18.2 Å². The molecular formula is C25H21NO4. The van der Waals surface area contributed by atoms with Crippen LogP contribution in [-0.4, -0.2) is 30.1 Å². The molecule has 0 aromatic heterocycles. The lowest BCUT2D eigenvalue weighted by atomic mass is 9.98. The fourth-order valence-corrected chi connectivity index (χ4v) is 4.46. The fourth-order valence-electron chi connectivity index (χ4n) is 4.46. The van der Waals surface area contributed by atoms with Crippen molar-refractivity contribution < 1.29 is 19.4 Å². The van der Waals surface area contributed by atoms with Gasteiger partial charge in [-0.2, -0.15) is 0 Å². The van der Waals surface area contributed by atoms with E-state index >= 15 is 0 Å². The van der Waals surface area contributed by atoms with E-state index in [1.165, 1.54) is 16.0 Å². The highest BCUT2D eigenvalue weighted by atomic mass is 16.6. The molecule has 0 radical (unpaired) electrons. The first-order valence-corrected chi connectivity index (χ1v) is 10.1. The van der Waals surface area contributed by atoms with Gasteiger partial charge in [0.15, 0.2) is 5.78 Å². The van der Waals surface area contributed by atoms with Gasteiger partial charge in [0, 0.05) is 24.4 Å². The lowest BCUT2D eigenvalue weighted by Gasteiger charge is -2.29. The Morgan fingerprint density at radius 2 is 1.63 bits per heavy atom. The number of anilines is 1. The summed E-state index contributed by atoms with van der Waals surface area (Å²) in [6.07, 6.45) is -0.212. The summed E-state index contributed by atoms with van der Waals surface area (Å²) in [5, 5.41) is 9.44. The van der Waals surface area contributed by atoms with E-state index in [9.17, 15) is 14.7 Å². The van der Waals surface area contributed by atoms with Crippen molar-refractivity contribution in [3.05, 3.63) is 89.0 Å². The highest BCUT2D eigenvalue weighted by molar-refractivity contribution is 6.07. The summed E-state index contributed by atoms with van der Waals surface area (Å²) in [5.41, 5.74) is 6.32. The predicted octanol–water partition coefficient (Wildman–Crippen LogP) is 4.52. The molecule has 1 heterocycles. The summed E-state index contributed by atoms with van der Waals surface area (Å²) in [6.45, 7) is 0.351. The normalized spacial score (nSPS) is 14.8. The van der Waals surface area contributed by atoms with Crippen LogP contribution in [0.25, 0.3) is 11.1 Å². The van der Waals surface area contributed by atoms with Gasteiger partial charge >= 0.3 is 6.09 Å². The van der Waals surface area contributed by atoms with Gasteiger partial charge in [0.1, 0.15) is 6.61 Å². The Hall–Kier alpha value is -3.44. The third kappa shape index (κ3) is 2.99. The molecule has 2 aliphatic rings. The van der Waals surface area contributed by atoms with Crippen LogP contribution in [0.4, 0.5) is 10.5 Å². The van der Waals surface area contributed by atoms with Crippen LogP contribution in [0, 0.1) is 0 Å². The molecule has 3 aromatic rings. The van der Waals surface area contributed by atoms with Crippen molar-refractivity contribution in [3.63, 3.8) is 0 Å². The van der Waals surface area contributed by atoms with E-state index in [0.717, 1.165) is 11.1 Å². The maximum atomic E-state index is 13.0. The van der Waals surface area contributed by atoms with Crippen molar-refractivity contribution in [3.8, 4) is 11.1 Å². The van der Waals surface area contributed by atoms with E-state index in [2.05, 4.69) is 24.3 Å². The average molecular weight is 399 g/mol. The van der Waals surface area contributed by atoms with Crippen LogP contribution >= 0.6 is 0 Å². The van der Waals surface area contributed by atoms with Gasteiger partial charge < -0.3 is 9.84 Å². The Bertz CT molecular complexity index is 1110. The minimum absolute atomic E-state index is 0.00260. The van der Waals surface area contributed by atoms with E-state index < -0.39 is 6.09 Å². The monoisotopic (exact) mass is 399 g/mol. The number of amides is 1. The van der Waals surface area contributed by atoms with Crippen molar-refractivity contribution in [2.45, 2.75) is 18.9 Å². The zero-order chi connectivity index (χ0) is 20.7. The third-order valence-electron chi connectivity index (χ3n) is 5.95. The van der Waals surface area contributed by atoms with Crippen molar-refractivity contribution in [2.75, 3.05) is 18.1 Å². The quantitative estimate of drug-likeness (QED) is 0.703. The number of hydrogen-bond acceptors (Lipinski definition) is 4. The number of aliphatic hydroxyl groups is 1. The Morgan fingerprint density at radius 3 is 2.30 bits per heavy atom.